The highest BCUT2D eigenvalue weighted by atomic mass is 19.4. The molecule has 0 aliphatic heterocycles. The normalized spacial score (nSPS) is 12.2. The minimum absolute atomic E-state index is 0.0255. The summed E-state index contributed by atoms with van der Waals surface area (Å²) in [6, 6.07) is 0. The fourth-order valence-electron chi connectivity index (χ4n) is 0.637. The van der Waals surface area contributed by atoms with Crippen molar-refractivity contribution in [2.24, 2.45) is 0 Å². The quantitative estimate of drug-likeness (QED) is 0.536. The Kier molecular flexibility index (Phi) is 4.13. The molecule has 0 fully saturated rings. The maximum absolute atomic E-state index is 12.2. The van der Waals surface area contributed by atoms with Gasteiger partial charge in [-0.25, -0.2) is 0 Å². The molecule has 0 aliphatic carbocycles. The summed E-state index contributed by atoms with van der Waals surface area (Å²) in [6.45, 7) is 0. The minimum atomic E-state index is -4.73. The molecular weight excluding hydrogens is 201 g/mol. The number of amides is 2. The van der Waals surface area contributed by atoms with Crippen LogP contribution in [0.3, 0.4) is 0 Å². The Labute approximate surface area is 78.4 Å². The smallest absolute Gasteiger partial charge is 0.356 e. The first-order chi connectivity index (χ1) is 6.32. The fourth-order valence-corrected chi connectivity index (χ4v) is 0.637. The van der Waals surface area contributed by atoms with Crippen LogP contribution in [0.4, 0.5) is 13.2 Å². The molecule has 4 nitrogen and oxygen atoms in total. The van der Waals surface area contributed by atoms with Crippen LogP contribution in [-0.2, 0) is 9.59 Å². The molecule has 0 spiro atoms. The second kappa shape index (κ2) is 4.64. The van der Waals surface area contributed by atoms with Crippen molar-refractivity contribution in [3.8, 4) is 0 Å². The van der Waals surface area contributed by atoms with Crippen molar-refractivity contribution < 1.29 is 22.8 Å². The molecule has 0 heterocycles. The molecule has 0 radical (unpaired) electrons. The van der Waals surface area contributed by atoms with Gasteiger partial charge in [-0.3, -0.25) is 9.59 Å². The zero-order chi connectivity index (χ0) is 11.4. The number of nitrogens with zero attached hydrogens (tertiary/aromatic N) is 1. The number of halogens is 3. The van der Waals surface area contributed by atoms with E-state index >= 15 is 0 Å². The van der Waals surface area contributed by atoms with Gasteiger partial charge < -0.3 is 10.2 Å². The number of carbonyl (C=O) groups excluding carboxylic acids is 2. The van der Waals surface area contributed by atoms with Gasteiger partial charge in [-0.15, -0.1) is 0 Å². The Morgan fingerprint density at radius 1 is 1.43 bits per heavy atom. The molecule has 0 saturated heterocycles. The molecule has 0 aromatic carbocycles. The van der Waals surface area contributed by atoms with Crippen LogP contribution in [0.5, 0.6) is 0 Å². The van der Waals surface area contributed by atoms with Crippen LogP contribution >= 0.6 is 0 Å². The minimum Gasteiger partial charge on any atom is -0.356 e. The molecule has 14 heavy (non-hydrogen) atoms. The van der Waals surface area contributed by atoms with E-state index in [0.29, 0.717) is 6.08 Å². The highest BCUT2D eigenvalue weighted by Gasteiger charge is 2.36. The molecule has 0 bridgehead atoms. The summed E-state index contributed by atoms with van der Waals surface area (Å²) in [5, 5.41) is 1.99. The van der Waals surface area contributed by atoms with Gasteiger partial charge in [-0.2, -0.15) is 13.2 Å². The van der Waals surface area contributed by atoms with Crippen LogP contribution in [0, 0.1) is 0 Å². The highest BCUT2D eigenvalue weighted by Crippen LogP contribution is 2.26. The molecule has 0 saturated carbocycles. The van der Waals surface area contributed by atoms with Crippen molar-refractivity contribution in [1.82, 2.24) is 10.2 Å². The monoisotopic (exact) mass is 210 g/mol. The van der Waals surface area contributed by atoms with E-state index in [-0.39, 0.29) is 11.3 Å². The van der Waals surface area contributed by atoms with E-state index in [1.807, 2.05) is 5.32 Å². The third-order valence-corrected chi connectivity index (χ3v) is 1.34. The molecule has 0 atom stereocenters. The summed E-state index contributed by atoms with van der Waals surface area (Å²) in [7, 11) is 2.10. The predicted molar refractivity (Wildman–Crippen MR) is 42.0 cm³/mol. The van der Waals surface area contributed by atoms with Gasteiger partial charge >= 0.3 is 6.18 Å². The summed E-state index contributed by atoms with van der Waals surface area (Å²) >= 11 is 0. The molecule has 0 aliphatic rings. The first-order valence-electron chi connectivity index (χ1n) is 3.51. The maximum atomic E-state index is 12.2. The van der Waals surface area contributed by atoms with Crippen molar-refractivity contribution in [2.75, 3.05) is 14.1 Å². The Balaban J connectivity index is 5.01. The van der Waals surface area contributed by atoms with E-state index in [1.165, 1.54) is 7.05 Å². The van der Waals surface area contributed by atoms with Crippen LogP contribution in [0.1, 0.15) is 0 Å². The Bertz CT molecular complexity index is 260. The van der Waals surface area contributed by atoms with E-state index in [4.69, 9.17) is 0 Å². The van der Waals surface area contributed by atoms with E-state index in [2.05, 4.69) is 0 Å². The number of nitrogens with one attached hydrogen (secondary N) is 1. The average Bonchev–Trinajstić information content (AvgIpc) is 2.10. The zero-order valence-electron chi connectivity index (χ0n) is 7.55. The molecule has 0 aromatic rings. The lowest BCUT2D eigenvalue weighted by Gasteiger charge is -2.17. The van der Waals surface area contributed by atoms with Crippen LogP contribution in [0.15, 0.2) is 11.8 Å². The molecule has 0 unspecified atom stereocenters. The highest BCUT2D eigenvalue weighted by molar-refractivity contribution is 5.88. The van der Waals surface area contributed by atoms with Crippen LogP contribution in [0.25, 0.3) is 0 Å². The second-order valence-electron chi connectivity index (χ2n) is 2.36. The lowest BCUT2D eigenvalue weighted by Crippen LogP contribution is -2.30. The standard InChI is InChI=1S/C7H9F3N2O2/c1-11-6(14)3-5(7(8,9)10)12(2)4-13/h3-4H,1-2H3,(H,11,14)/b5-3-. The van der Waals surface area contributed by atoms with E-state index in [1.54, 1.807) is 0 Å². The lowest BCUT2D eigenvalue weighted by molar-refractivity contribution is -0.131. The van der Waals surface area contributed by atoms with Gasteiger partial charge in [-0.05, 0) is 0 Å². The second-order valence-corrected chi connectivity index (χ2v) is 2.36. The van der Waals surface area contributed by atoms with Crippen molar-refractivity contribution >= 4 is 12.3 Å². The Morgan fingerprint density at radius 3 is 2.21 bits per heavy atom. The van der Waals surface area contributed by atoms with Crippen LogP contribution in [-0.4, -0.2) is 37.5 Å². The molecule has 80 valence electrons. The summed E-state index contributed by atoms with van der Waals surface area (Å²) < 4.78 is 36.6. The van der Waals surface area contributed by atoms with Crippen molar-refractivity contribution in [1.29, 1.82) is 0 Å². The largest absolute Gasteiger partial charge is 0.431 e. The van der Waals surface area contributed by atoms with Gasteiger partial charge in [0.2, 0.25) is 12.3 Å². The number of rotatable bonds is 3. The number of alkyl halides is 3. The molecule has 0 aromatic heterocycles. The fraction of sp³-hybridized carbons (Fsp3) is 0.429. The van der Waals surface area contributed by atoms with Crippen molar-refractivity contribution in [3.05, 3.63) is 11.8 Å². The van der Waals surface area contributed by atoms with Crippen molar-refractivity contribution in [3.63, 3.8) is 0 Å². The number of likely N-dealkylation sites (N-methyl/N-ethyl adjacent to an activating group) is 1. The molecule has 7 heteroatoms. The van der Waals surface area contributed by atoms with Gasteiger partial charge in [0.25, 0.3) is 0 Å². The van der Waals surface area contributed by atoms with Gasteiger partial charge in [0, 0.05) is 20.2 Å². The van der Waals surface area contributed by atoms with Gasteiger partial charge in [0.05, 0.1) is 0 Å². The number of hydrogen-bond donors (Lipinski definition) is 1. The Morgan fingerprint density at radius 2 is 1.93 bits per heavy atom. The van der Waals surface area contributed by atoms with E-state index < -0.39 is 17.8 Å². The summed E-state index contributed by atoms with van der Waals surface area (Å²) in [4.78, 5) is 21.1. The van der Waals surface area contributed by atoms with Gasteiger partial charge in [-0.1, -0.05) is 0 Å². The Hall–Kier alpha value is -1.53. The van der Waals surface area contributed by atoms with Gasteiger partial charge in [0.1, 0.15) is 5.70 Å². The molecule has 0 rings (SSSR count). The summed E-state index contributed by atoms with van der Waals surface area (Å²) in [5.74, 6) is -0.925. The van der Waals surface area contributed by atoms with Crippen LogP contribution < -0.4 is 5.32 Å². The van der Waals surface area contributed by atoms with Crippen molar-refractivity contribution in [2.45, 2.75) is 6.18 Å². The first kappa shape index (κ1) is 12.5. The topological polar surface area (TPSA) is 49.4 Å². The van der Waals surface area contributed by atoms with Crippen LogP contribution in [0.2, 0.25) is 0 Å². The maximum Gasteiger partial charge on any atom is 0.431 e. The predicted octanol–water partition coefficient (Wildman–Crippen LogP) is 0.267. The third-order valence-electron chi connectivity index (χ3n) is 1.34. The number of allylic oxidation sites excluding steroid dienone is 1. The van der Waals surface area contributed by atoms with E-state index in [9.17, 15) is 22.8 Å². The lowest BCUT2D eigenvalue weighted by atomic mass is 10.3. The SMILES string of the molecule is CNC(=O)/C=C(\N(C)C=O)C(F)(F)F. The summed E-state index contributed by atoms with van der Waals surface area (Å²) in [5.41, 5.74) is -1.31. The summed E-state index contributed by atoms with van der Waals surface area (Å²) in [6.07, 6.45) is -4.45. The third kappa shape index (κ3) is 3.46. The average molecular weight is 210 g/mol. The van der Waals surface area contributed by atoms with Gasteiger partial charge in [0.15, 0.2) is 0 Å². The first-order valence-corrected chi connectivity index (χ1v) is 3.51. The van der Waals surface area contributed by atoms with E-state index in [0.717, 1.165) is 7.05 Å². The molecule has 2 amide bonds. The zero-order valence-corrected chi connectivity index (χ0v) is 7.55. The molecular formula is C7H9F3N2O2. The number of hydrogen-bond acceptors (Lipinski definition) is 2. The number of carbonyl (C=O) groups is 2. The molecule has 1 N–H and O–H groups in total.